The van der Waals surface area contributed by atoms with Crippen LogP contribution in [0.2, 0.25) is 0 Å². The summed E-state index contributed by atoms with van der Waals surface area (Å²) < 4.78 is 38.6. The third kappa shape index (κ3) is 3.96. The van der Waals surface area contributed by atoms with Gasteiger partial charge in [-0.3, -0.25) is 0 Å². The average molecular weight is 237 g/mol. The summed E-state index contributed by atoms with van der Waals surface area (Å²) in [5.74, 6) is 0.595. The third-order valence-electron chi connectivity index (χ3n) is 3.50. The fourth-order valence-corrected chi connectivity index (χ4v) is 2.40. The molecular formula is C12H22F3N. The zero-order chi connectivity index (χ0) is 12.2. The SMILES string of the molecule is CCCCN(C1CCC(C)CC1)C(F)(F)F. The van der Waals surface area contributed by atoms with E-state index in [1.165, 1.54) is 0 Å². The van der Waals surface area contributed by atoms with Crippen molar-refractivity contribution in [3.8, 4) is 0 Å². The molecule has 1 aliphatic carbocycles. The molecule has 0 aliphatic heterocycles. The highest BCUT2D eigenvalue weighted by Gasteiger charge is 2.41. The van der Waals surface area contributed by atoms with E-state index in [4.69, 9.17) is 0 Å². The Morgan fingerprint density at radius 3 is 2.12 bits per heavy atom. The summed E-state index contributed by atoms with van der Waals surface area (Å²) in [7, 11) is 0. The molecule has 0 saturated heterocycles. The van der Waals surface area contributed by atoms with Crippen LogP contribution in [0.4, 0.5) is 13.2 Å². The summed E-state index contributed by atoms with van der Waals surface area (Å²) in [5.41, 5.74) is 0. The van der Waals surface area contributed by atoms with E-state index in [1.807, 2.05) is 6.92 Å². The molecule has 96 valence electrons. The van der Waals surface area contributed by atoms with Gasteiger partial charge in [0.1, 0.15) is 0 Å². The van der Waals surface area contributed by atoms with Crippen LogP contribution in [0.1, 0.15) is 52.4 Å². The minimum Gasteiger partial charge on any atom is -0.211 e. The maximum absolute atomic E-state index is 12.9. The molecule has 0 atom stereocenters. The number of nitrogens with zero attached hydrogens (tertiary/aromatic N) is 1. The lowest BCUT2D eigenvalue weighted by Gasteiger charge is -2.37. The molecule has 0 amide bonds. The van der Waals surface area contributed by atoms with Crippen LogP contribution in [0.5, 0.6) is 0 Å². The first-order valence-electron chi connectivity index (χ1n) is 6.28. The lowest BCUT2D eigenvalue weighted by atomic mass is 9.86. The zero-order valence-corrected chi connectivity index (χ0v) is 10.2. The predicted octanol–water partition coefficient (Wildman–Crippen LogP) is 4.19. The number of rotatable bonds is 4. The van der Waals surface area contributed by atoms with Gasteiger partial charge in [0.05, 0.1) is 0 Å². The Bertz CT molecular complexity index is 195. The summed E-state index contributed by atoms with van der Waals surface area (Å²) in [6.45, 7) is 4.22. The van der Waals surface area contributed by atoms with Crippen molar-refractivity contribution in [2.75, 3.05) is 6.54 Å². The monoisotopic (exact) mass is 237 g/mol. The van der Waals surface area contributed by atoms with Crippen molar-refractivity contribution in [3.05, 3.63) is 0 Å². The van der Waals surface area contributed by atoms with Crippen LogP contribution in [-0.4, -0.2) is 23.8 Å². The number of halogens is 3. The molecular weight excluding hydrogens is 215 g/mol. The molecule has 0 heterocycles. The second kappa shape index (κ2) is 5.89. The minimum atomic E-state index is -4.15. The zero-order valence-electron chi connectivity index (χ0n) is 10.2. The highest BCUT2D eigenvalue weighted by atomic mass is 19.4. The molecule has 0 unspecified atom stereocenters. The second-order valence-corrected chi connectivity index (χ2v) is 4.93. The Morgan fingerprint density at radius 1 is 1.12 bits per heavy atom. The molecule has 0 spiro atoms. The van der Waals surface area contributed by atoms with E-state index in [1.54, 1.807) is 0 Å². The van der Waals surface area contributed by atoms with Crippen molar-refractivity contribution in [2.45, 2.75) is 64.7 Å². The number of alkyl halides is 3. The Morgan fingerprint density at radius 2 is 1.69 bits per heavy atom. The van der Waals surface area contributed by atoms with E-state index in [0.29, 0.717) is 25.2 Å². The van der Waals surface area contributed by atoms with Crippen LogP contribution in [0.15, 0.2) is 0 Å². The van der Waals surface area contributed by atoms with Crippen molar-refractivity contribution in [3.63, 3.8) is 0 Å². The number of unbranched alkanes of at least 4 members (excludes halogenated alkanes) is 1. The summed E-state index contributed by atoms with van der Waals surface area (Å²) in [4.78, 5) is 0.766. The summed E-state index contributed by atoms with van der Waals surface area (Å²) in [6.07, 6.45) is 0.559. The van der Waals surface area contributed by atoms with E-state index >= 15 is 0 Å². The van der Waals surface area contributed by atoms with Crippen LogP contribution in [-0.2, 0) is 0 Å². The molecule has 1 aliphatic rings. The van der Waals surface area contributed by atoms with Gasteiger partial charge >= 0.3 is 6.30 Å². The van der Waals surface area contributed by atoms with Gasteiger partial charge in [-0.15, -0.1) is 0 Å². The maximum Gasteiger partial charge on any atom is 0.460 e. The Hall–Kier alpha value is -0.250. The summed E-state index contributed by atoms with van der Waals surface area (Å²) in [6, 6.07) is -0.275. The first-order chi connectivity index (χ1) is 7.45. The van der Waals surface area contributed by atoms with Crippen LogP contribution in [0, 0.1) is 5.92 Å². The van der Waals surface area contributed by atoms with E-state index in [2.05, 4.69) is 6.92 Å². The molecule has 0 bridgehead atoms. The topological polar surface area (TPSA) is 3.24 Å². The molecule has 1 fully saturated rings. The molecule has 1 saturated carbocycles. The Kier molecular flexibility index (Phi) is 5.09. The second-order valence-electron chi connectivity index (χ2n) is 4.93. The molecule has 0 aromatic heterocycles. The molecule has 0 N–H and O–H groups in total. The first-order valence-corrected chi connectivity index (χ1v) is 6.28. The lowest BCUT2D eigenvalue weighted by Crippen LogP contribution is -2.47. The fourth-order valence-electron chi connectivity index (χ4n) is 2.40. The van der Waals surface area contributed by atoms with Crippen molar-refractivity contribution < 1.29 is 13.2 Å². The van der Waals surface area contributed by atoms with Crippen molar-refractivity contribution in [1.29, 1.82) is 0 Å². The fraction of sp³-hybridized carbons (Fsp3) is 1.00. The van der Waals surface area contributed by atoms with Crippen LogP contribution in [0.3, 0.4) is 0 Å². The van der Waals surface area contributed by atoms with Crippen LogP contribution >= 0.6 is 0 Å². The Labute approximate surface area is 96.0 Å². The summed E-state index contributed by atoms with van der Waals surface area (Å²) >= 11 is 0. The molecule has 1 rings (SSSR count). The van der Waals surface area contributed by atoms with Crippen molar-refractivity contribution >= 4 is 0 Å². The van der Waals surface area contributed by atoms with Gasteiger partial charge in [0, 0.05) is 12.6 Å². The molecule has 0 aromatic carbocycles. The van der Waals surface area contributed by atoms with Gasteiger partial charge in [-0.05, 0) is 38.0 Å². The van der Waals surface area contributed by atoms with Crippen LogP contribution in [0.25, 0.3) is 0 Å². The molecule has 0 aromatic rings. The van der Waals surface area contributed by atoms with Gasteiger partial charge in [-0.2, -0.15) is 13.2 Å². The van der Waals surface area contributed by atoms with E-state index < -0.39 is 6.30 Å². The first kappa shape index (κ1) is 13.8. The standard InChI is InChI=1S/C12H22F3N/c1-3-4-9-16(12(13,14)15)11-7-5-10(2)6-8-11/h10-11H,3-9H2,1-2H3. The average Bonchev–Trinajstić information content (AvgIpc) is 2.19. The van der Waals surface area contributed by atoms with E-state index in [9.17, 15) is 13.2 Å². The third-order valence-corrected chi connectivity index (χ3v) is 3.50. The van der Waals surface area contributed by atoms with Gasteiger partial charge in [0.15, 0.2) is 0 Å². The minimum absolute atomic E-state index is 0.166. The number of hydrogen-bond acceptors (Lipinski definition) is 1. The van der Waals surface area contributed by atoms with Gasteiger partial charge in [-0.1, -0.05) is 20.3 Å². The number of hydrogen-bond donors (Lipinski definition) is 0. The molecule has 16 heavy (non-hydrogen) atoms. The molecule has 0 radical (unpaired) electrons. The van der Waals surface area contributed by atoms with E-state index in [0.717, 1.165) is 24.2 Å². The summed E-state index contributed by atoms with van der Waals surface area (Å²) in [5, 5.41) is 0. The van der Waals surface area contributed by atoms with Gasteiger partial charge < -0.3 is 0 Å². The van der Waals surface area contributed by atoms with Gasteiger partial charge in [0.2, 0.25) is 0 Å². The predicted molar refractivity (Wildman–Crippen MR) is 59.1 cm³/mol. The lowest BCUT2D eigenvalue weighted by molar-refractivity contribution is -0.261. The van der Waals surface area contributed by atoms with E-state index in [-0.39, 0.29) is 12.6 Å². The highest BCUT2D eigenvalue weighted by Crippen LogP contribution is 2.33. The molecule has 4 heteroatoms. The van der Waals surface area contributed by atoms with Gasteiger partial charge in [-0.25, -0.2) is 4.90 Å². The largest absolute Gasteiger partial charge is 0.460 e. The highest BCUT2D eigenvalue weighted by molar-refractivity contribution is 4.79. The van der Waals surface area contributed by atoms with Crippen LogP contribution < -0.4 is 0 Å². The smallest absolute Gasteiger partial charge is 0.211 e. The normalized spacial score (nSPS) is 27.4. The van der Waals surface area contributed by atoms with Gasteiger partial charge in [0.25, 0.3) is 0 Å². The maximum atomic E-state index is 12.9. The molecule has 1 nitrogen and oxygen atoms in total. The Balaban J connectivity index is 2.54. The van der Waals surface area contributed by atoms with Crippen molar-refractivity contribution in [2.24, 2.45) is 5.92 Å². The van der Waals surface area contributed by atoms with Crippen molar-refractivity contribution in [1.82, 2.24) is 4.90 Å². The quantitative estimate of drug-likeness (QED) is 0.663.